The summed E-state index contributed by atoms with van der Waals surface area (Å²) < 4.78 is 12.5. The summed E-state index contributed by atoms with van der Waals surface area (Å²) in [6.45, 7) is 0.326. The van der Waals surface area contributed by atoms with E-state index in [1.54, 1.807) is 6.20 Å². The van der Waals surface area contributed by atoms with Crippen LogP contribution in [0.1, 0.15) is 5.89 Å². The molecule has 20 heavy (non-hydrogen) atoms. The molecule has 0 atom stereocenters. The van der Waals surface area contributed by atoms with Gasteiger partial charge < -0.3 is 9.15 Å². The number of oxazole rings is 1. The molecule has 100 valence electrons. The van der Waals surface area contributed by atoms with Gasteiger partial charge >= 0.3 is 0 Å². The first-order valence-corrected chi connectivity index (χ1v) is 7.27. The Morgan fingerprint density at radius 1 is 1.05 bits per heavy atom. The second-order valence-electron chi connectivity index (χ2n) is 4.23. The molecular formula is C16H12INO2. The van der Waals surface area contributed by atoms with Crippen LogP contribution in [0, 0.1) is 3.57 Å². The summed E-state index contributed by atoms with van der Waals surface area (Å²) in [6, 6.07) is 17.8. The summed E-state index contributed by atoms with van der Waals surface area (Å²) in [5, 5.41) is 0. The molecule has 4 heteroatoms. The van der Waals surface area contributed by atoms with E-state index < -0.39 is 0 Å². The summed E-state index contributed by atoms with van der Waals surface area (Å²) in [5.41, 5.74) is 1.01. The number of aromatic nitrogens is 1. The van der Waals surface area contributed by atoms with Crippen molar-refractivity contribution in [3.8, 4) is 17.1 Å². The highest BCUT2D eigenvalue weighted by atomic mass is 127. The lowest BCUT2D eigenvalue weighted by molar-refractivity contribution is 0.264. The molecule has 0 fully saturated rings. The lowest BCUT2D eigenvalue weighted by Crippen LogP contribution is -1.95. The number of nitrogens with zero attached hydrogens (tertiary/aromatic N) is 1. The highest BCUT2D eigenvalue weighted by Crippen LogP contribution is 2.21. The summed E-state index contributed by atoms with van der Waals surface area (Å²) >= 11 is 2.25. The topological polar surface area (TPSA) is 35.3 Å². The lowest BCUT2D eigenvalue weighted by Gasteiger charge is -2.03. The van der Waals surface area contributed by atoms with E-state index in [1.807, 2.05) is 54.6 Å². The van der Waals surface area contributed by atoms with Crippen LogP contribution in [0.15, 0.2) is 65.2 Å². The monoisotopic (exact) mass is 377 g/mol. The molecule has 0 saturated heterocycles. The maximum absolute atomic E-state index is 5.68. The van der Waals surface area contributed by atoms with Crippen molar-refractivity contribution >= 4 is 22.6 Å². The Kier molecular flexibility index (Phi) is 4.01. The molecule has 0 saturated carbocycles. The average molecular weight is 377 g/mol. The van der Waals surface area contributed by atoms with Crippen LogP contribution in [0.2, 0.25) is 0 Å². The Morgan fingerprint density at radius 3 is 2.70 bits per heavy atom. The predicted molar refractivity (Wildman–Crippen MR) is 85.4 cm³/mol. The van der Waals surface area contributed by atoms with Crippen LogP contribution in [0.25, 0.3) is 11.3 Å². The van der Waals surface area contributed by atoms with Crippen molar-refractivity contribution < 1.29 is 9.15 Å². The fraction of sp³-hybridized carbons (Fsp3) is 0.0625. The van der Waals surface area contributed by atoms with E-state index in [9.17, 15) is 0 Å². The van der Waals surface area contributed by atoms with Gasteiger partial charge in [0, 0.05) is 9.13 Å². The number of benzene rings is 2. The van der Waals surface area contributed by atoms with Gasteiger partial charge in [-0.2, -0.15) is 0 Å². The Bertz CT molecular complexity index is 694. The third-order valence-electron chi connectivity index (χ3n) is 2.77. The van der Waals surface area contributed by atoms with Crippen LogP contribution in [-0.4, -0.2) is 4.98 Å². The Balaban J connectivity index is 1.69. The van der Waals surface area contributed by atoms with Gasteiger partial charge in [0.05, 0.1) is 6.20 Å². The van der Waals surface area contributed by atoms with Crippen molar-refractivity contribution in [2.75, 3.05) is 0 Å². The van der Waals surface area contributed by atoms with Crippen LogP contribution in [0.3, 0.4) is 0 Å². The fourth-order valence-electron chi connectivity index (χ4n) is 1.81. The van der Waals surface area contributed by atoms with Crippen LogP contribution < -0.4 is 4.74 Å². The van der Waals surface area contributed by atoms with E-state index in [1.165, 1.54) is 0 Å². The molecule has 0 N–H and O–H groups in total. The molecule has 3 rings (SSSR count). The molecule has 3 aromatic rings. The molecule has 1 aromatic heterocycles. The second kappa shape index (κ2) is 6.09. The van der Waals surface area contributed by atoms with Crippen molar-refractivity contribution in [3.05, 3.63) is 70.3 Å². The van der Waals surface area contributed by atoms with Crippen LogP contribution in [-0.2, 0) is 6.61 Å². The van der Waals surface area contributed by atoms with Gasteiger partial charge in [-0.05, 0) is 40.8 Å². The summed E-state index contributed by atoms with van der Waals surface area (Å²) in [6.07, 6.45) is 1.72. The van der Waals surface area contributed by atoms with Crippen molar-refractivity contribution in [1.29, 1.82) is 0 Å². The first-order chi connectivity index (χ1) is 9.81. The zero-order valence-corrected chi connectivity index (χ0v) is 12.8. The second-order valence-corrected chi connectivity index (χ2v) is 5.48. The van der Waals surface area contributed by atoms with Gasteiger partial charge in [0.2, 0.25) is 5.89 Å². The molecular weight excluding hydrogens is 365 g/mol. The Morgan fingerprint density at radius 2 is 1.90 bits per heavy atom. The minimum atomic E-state index is 0.326. The van der Waals surface area contributed by atoms with Gasteiger partial charge in [0.15, 0.2) is 12.4 Å². The predicted octanol–water partition coefficient (Wildman–Crippen LogP) is 4.53. The van der Waals surface area contributed by atoms with Crippen molar-refractivity contribution in [2.24, 2.45) is 0 Å². The van der Waals surface area contributed by atoms with E-state index in [-0.39, 0.29) is 0 Å². The summed E-state index contributed by atoms with van der Waals surface area (Å²) in [4.78, 5) is 4.24. The molecule has 0 amide bonds. The SMILES string of the molecule is Ic1cccc(OCc2ncc(-c3ccccc3)o2)c1. The zero-order chi connectivity index (χ0) is 13.8. The Hall–Kier alpha value is -1.82. The highest BCUT2D eigenvalue weighted by Gasteiger charge is 2.06. The number of hydrogen-bond donors (Lipinski definition) is 0. The number of rotatable bonds is 4. The van der Waals surface area contributed by atoms with Gasteiger partial charge in [-0.1, -0.05) is 36.4 Å². The molecule has 3 nitrogen and oxygen atoms in total. The molecule has 0 aliphatic carbocycles. The van der Waals surface area contributed by atoms with Gasteiger partial charge in [0.1, 0.15) is 5.75 Å². The van der Waals surface area contributed by atoms with E-state index in [4.69, 9.17) is 9.15 Å². The molecule has 0 bridgehead atoms. The van der Waals surface area contributed by atoms with Crippen LogP contribution in [0.4, 0.5) is 0 Å². The third-order valence-corrected chi connectivity index (χ3v) is 3.44. The molecule has 2 aromatic carbocycles. The minimum absolute atomic E-state index is 0.326. The van der Waals surface area contributed by atoms with E-state index >= 15 is 0 Å². The van der Waals surface area contributed by atoms with Crippen molar-refractivity contribution in [1.82, 2.24) is 4.98 Å². The minimum Gasteiger partial charge on any atom is -0.484 e. The smallest absolute Gasteiger partial charge is 0.232 e. The van der Waals surface area contributed by atoms with Crippen molar-refractivity contribution in [2.45, 2.75) is 6.61 Å². The molecule has 0 unspecified atom stereocenters. The van der Waals surface area contributed by atoms with Crippen LogP contribution in [0.5, 0.6) is 5.75 Å². The maximum Gasteiger partial charge on any atom is 0.232 e. The summed E-state index contributed by atoms with van der Waals surface area (Å²) in [7, 11) is 0. The van der Waals surface area contributed by atoms with Gasteiger partial charge in [-0.3, -0.25) is 0 Å². The zero-order valence-electron chi connectivity index (χ0n) is 10.6. The first-order valence-electron chi connectivity index (χ1n) is 6.20. The lowest BCUT2D eigenvalue weighted by atomic mass is 10.2. The molecule has 0 aliphatic rings. The fourth-order valence-corrected chi connectivity index (χ4v) is 2.33. The molecule has 1 heterocycles. The highest BCUT2D eigenvalue weighted by molar-refractivity contribution is 14.1. The van der Waals surface area contributed by atoms with Gasteiger partial charge in [0.25, 0.3) is 0 Å². The largest absolute Gasteiger partial charge is 0.484 e. The van der Waals surface area contributed by atoms with E-state index in [0.717, 1.165) is 20.6 Å². The third kappa shape index (κ3) is 3.19. The average Bonchev–Trinajstić information content (AvgIpc) is 2.95. The normalized spacial score (nSPS) is 10.4. The molecule has 0 radical (unpaired) electrons. The van der Waals surface area contributed by atoms with Gasteiger partial charge in [-0.15, -0.1) is 0 Å². The Labute approximate surface area is 130 Å². The first kappa shape index (κ1) is 13.2. The summed E-state index contributed by atoms with van der Waals surface area (Å²) in [5.74, 6) is 2.14. The number of ether oxygens (including phenoxy) is 1. The van der Waals surface area contributed by atoms with Crippen molar-refractivity contribution in [3.63, 3.8) is 0 Å². The number of hydrogen-bond acceptors (Lipinski definition) is 3. The quantitative estimate of drug-likeness (QED) is 0.627. The molecule has 0 aliphatic heterocycles. The van der Waals surface area contributed by atoms with Crippen LogP contribution >= 0.6 is 22.6 Å². The van der Waals surface area contributed by atoms with Gasteiger partial charge in [-0.25, -0.2) is 4.98 Å². The maximum atomic E-state index is 5.68. The molecule has 0 spiro atoms. The van der Waals surface area contributed by atoms with E-state index in [0.29, 0.717) is 12.5 Å². The van der Waals surface area contributed by atoms with E-state index in [2.05, 4.69) is 27.6 Å². The number of halogens is 1. The standard InChI is InChI=1S/C16H12INO2/c17-13-7-4-8-14(9-13)19-11-16-18-10-15(20-16)12-5-2-1-3-6-12/h1-10H,11H2.